The Morgan fingerprint density at radius 3 is 2.07 bits per heavy atom. The number of carbonyl (C=O) groups is 1. The lowest BCUT2D eigenvalue weighted by atomic mass is 10.0. The summed E-state index contributed by atoms with van der Waals surface area (Å²) in [4.78, 5) is 11.4. The van der Waals surface area contributed by atoms with Crippen molar-refractivity contribution in [1.82, 2.24) is 0 Å². The summed E-state index contributed by atoms with van der Waals surface area (Å²) >= 11 is 0. The van der Waals surface area contributed by atoms with Crippen molar-refractivity contribution in [3.63, 3.8) is 0 Å². The Balaban J connectivity index is 3.15. The van der Waals surface area contributed by atoms with Gasteiger partial charge in [-0.05, 0) is 31.5 Å². The molecule has 1 aromatic rings. The van der Waals surface area contributed by atoms with Crippen LogP contribution in [0.4, 0.5) is 0 Å². The fraction of sp³-hybridized carbons (Fsp3) is 0.250. The van der Waals surface area contributed by atoms with E-state index in [4.69, 9.17) is 10.5 Å². The molecular weight excluding hydrogens is 190 g/mol. The fourth-order valence-electron chi connectivity index (χ4n) is 1.47. The Morgan fingerprint density at radius 1 is 1.20 bits per heavy atom. The average molecular weight is 205 g/mol. The summed E-state index contributed by atoms with van der Waals surface area (Å²) in [6.07, 6.45) is 0. The van der Waals surface area contributed by atoms with E-state index in [2.05, 4.69) is 0 Å². The van der Waals surface area contributed by atoms with Crippen molar-refractivity contribution < 1.29 is 9.53 Å². The smallest absolute Gasteiger partial charge is 0.162 e. The van der Waals surface area contributed by atoms with Crippen LogP contribution >= 0.6 is 0 Å². The number of carbonyl (C=O) groups excluding carboxylic acids is 1. The molecule has 0 radical (unpaired) electrons. The number of hydrogen-bond donors (Lipinski definition) is 1. The third-order valence-corrected chi connectivity index (χ3v) is 2.13. The summed E-state index contributed by atoms with van der Waals surface area (Å²) in [7, 11) is 1.60. The van der Waals surface area contributed by atoms with E-state index in [9.17, 15) is 4.79 Å². The van der Waals surface area contributed by atoms with Gasteiger partial charge < -0.3 is 10.5 Å². The van der Waals surface area contributed by atoms with Gasteiger partial charge in [0.1, 0.15) is 5.75 Å². The number of hydrogen-bond acceptors (Lipinski definition) is 3. The van der Waals surface area contributed by atoms with Crippen LogP contribution in [-0.2, 0) is 4.79 Å². The third-order valence-electron chi connectivity index (χ3n) is 2.13. The number of ether oxygens (including phenoxy) is 1. The number of allylic oxidation sites excluding steroid dienone is 2. The minimum absolute atomic E-state index is 0.0276. The molecule has 1 rings (SSSR count). The van der Waals surface area contributed by atoms with Gasteiger partial charge in [-0.15, -0.1) is 0 Å². The molecule has 0 bridgehead atoms. The second-order valence-electron chi connectivity index (χ2n) is 3.34. The molecular formula is C12H15NO2. The van der Waals surface area contributed by atoms with Gasteiger partial charge >= 0.3 is 0 Å². The highest BCUT2D eigenvalue weighted by Crippen LogP contribution is 2.20. The Morgan fingerprint density at radius 2 is 1.73 bits per heavy atom. The number of benzene rings is 1. The van der Waals surface area contributed by atoms with E-state index in [1.54, 1.807) is 26.2 Å². The lowest BCUT2D eigenvalue weighted by Gasteiger charge is -2.07. The van der Waals surface area contributed by atoms with Crippen molar-refractivity contribution in [2.24, 2.45) is 5.73 Å². The normalized spacial score (nSPS) is 11.9. The first-order valence-corrected chi connectivity index (χ1v) is 4.68. The first-order chi connectivity index (χ1) is 7.06. The number of nitrogens with two attached hydrogens (primary N) is 1. The highest BCUT2D eigenvalue weighted by atomic mass is 16.5. The van der Waals surface area contributed by atoms with E-state index in [0.29, 0.717) is 11.3 Å². The second kappa shape index (κ2) is 4.64. The minimum Gasteiger partial charge on any atom is -0.497 e. The maximum atomic E-state index is 11.4. The van der Waals surface area contributed by atoms with Crippen molar-refractivity contribution in [1.29, 1.82) is 0 Å². The van der Waals surface area contributed by atoms with Gasteiger partial charge in [0.05, 0.1) is 7.11 Å². The summed E-state index contributed by atoms with van der Waals surface area (Å²) in [5.74, 6) is 0.733. The minimum atomic E-state index is -0.0276. The molecule has 0 aliphatic heterocycles. The van der Waals surface area contributed by atoms with E-state index in [1.807, 2.05) is 12.1 Å². The highest BCUT2D eigenvalue weighted by molar-refractivity contribution is 6.20. The predicted molar refractivity (Wildman–Crippen MR) is 60.5 cm³/mol. The zero-order valence-corrected chi connectivity index (χ0v) is 9.20. The molecule has 0 unspecified atom stereocenters. The second-order valence-corrected chi connectivity index (χ2v) is 3.34. The van der Waals surface area contributed by atoms with E-state index >= 15 is 0 Å². The molecule has 0 saturated carbocycles. The molecule has 3 heteroatoms. The lowest BCUT2D eigenvalue weighted by molar-refractivity contribution is -0.111. The fourth-order valence-corrected chi connectivity index (χ4v) is 1.47. The molecule has 0 aromatic heterocycles. The maximum Gasteiger partial charge on any atom is 0.162 e. The highest BCUT2D eigenvalue weighted by Gasteiger charge is 2.09. The quantitative estimate of drug-likeness (QED) is 0.767. The predicted octanol–water partition coefficient (Wildman–Crippen LogP) is 1.97. The van der Waals surface area contributed by atoms with E-state index in [1.165, 1.54) is 6.92 Å². The van der Waals surface area contributed by atoms with Crippen LogP contribution < -0.4 is 10.5 Å². The van der Waals surface area contributed by atoms with Crippen molar-refractivity contribution >= 4 is 11.4 Å². The van der Waals surface area contributed by atoms with Crippen molar-refractivity contribution in [3.05, 3.63) is 35.5 Å². The van der Waals surface area contributed by atoms with Gasteiger partial charge in [-0.25, -0.2) is 0 Å². The van der Waals surface area contributed by atoms with Gasteiger partial charge in [0.25, 0.3) is 0 Å². The van der Waals surface area contributed by atoms with Crippen molar-refractivity contribution in [2.45, 2.75) is 13.8 Å². The standard InChI is InChI=1S/C12H15NO2/c1-8(13)12(9(2)14)10-4-6-11(15-3)7-5-10/h4-7H,13H2,1-3H3/b12-8-. The topological polar surface area (TPSA) is 52.3 Å². The van der Waals surface area contributed by atoms with Crippen LogP contribution in [0.25, 0.3) is 5.57 Å². The van der Waals surface area contributed by atoms with Gasteiger partial charge in [0, 0.05) is 11.3 Å². The first-order valence-electron chi connectivity index (χ1n) is 4.68. The van der Waals surface area contributed by atoms with Crippen LogP contribution in [0.2, 0.25) is 0 Å². The number of rotatable bonds is 3. The lowest BCUT2D eigenvalue weighted by Crippen LogP contribution is -2.05. The molecule has 2 N–H and O–H groups in total. The van der Waals surface area contributed by atoms with E-state index in [0.717, 1.165) is 11.3 Å². The summed E-state index contributed by atoms with van der Waals surface area (Å²) < 4.78 is 5.04. The van der Waals surface area contributed by atoms with Gasteiger partial charge in [-0.2, -0.15) is 0 Å². The van der Waals surface area contributed by atoms with Crippen molar-refractivity contribution in [3.8, 4) is 5.75 Å². The maximum absolute atomic E-state index is 11.4. The molecule has 0 saturated heterocycles. The van der Waals surface area contributed by atoms with Crippen LogP contribution in [0.3, 0.4) is 0 Å². The Bertz CT molecular complexity index is 387. The largest absolute Gasteiger partial charge is 0.497 e. The molecule has 0 aliphatic rings. The Kier molecular flexibility index (Phi) is 3.50. The van der Waals surface area contributed by atoms with Gasteiger partial charge in [0.15, 0.2) is 5.78 Å². The molecule has 1 aromatic carbocycles. The van der Waals surface area contributed by atoms with Crippen LogP contribution in [-0.4, -0.2) is 12.9 Å². The zero-order valence-electron chi connectivity index (χ0n) is 9.20. The SMILES string of the molecule is COc1ccc(/C(C(C)=O)=C(/C)N)cc1. The summed E-state index contributed by atoms with van der Waals surface area (Å²) in [5, 5.41) is 0. The molecule has 15 heavy (non-hydrogen) atoms. The molecule has 0 atom stereocenters. The van der Waals surface area contributed by atoms with E-state index in [-0.39, 0.29) is 5.78 Å². The average Bonchev–Trinajstić information content (AvgIpc) is 2.18. The van der Waals surface area contributed by atoms with Gasteiger partial charge in [-0.1, -0.05) is 12.1 Å². The van der Waals surface area contributed by atoms with Crippen LogP contribution in [0.1, 0.15) is 19.4 Å². The van der Waals surface area contributed by atoms with Crippen LogP contribution in [0, 0.1) is 0 Å². The zero-order chi connectivity index (χ0) is 11.4. The molecule has 80 valence electrons. The van der Waals surface area contributed by atoms with Gasteiger partial charge in [0.2, 0.25) is 0 Å². The summed E-state index contributed by atoms with van der Waals surface area (Å²) in [5.41, 5.74) is 7.59. The molecule has 0 spiro atoms. The summed E-state index contributed by atoms with van der Waals surface area (Å²) in [6.45, 7) is 3.23. The van der Waals surface area contributed by atoms with Crippen molar-refractivity contribution in [2.75, 3.05) is 7.11 Å². The van der Waals surface area contributed by atoms with Gasteiger partial charge in [-0.3, -0.25) is 4.79 Å². The third kappa shape index (κ3) is 2.59. The van der Waals surface area contributed by atoms with E-state index < -0.39 is 0 Å². The molecule has 0 fully saturated rings. The molecule has 3 nitrogen and oxygen atoms in total. The Labute approximate surface area is 89.5 Å². The monoisotopic (exact) mass is 205 g/mol. The number of methoxy groups -OCH3 is 1. The molecule has 0 heterocycles. The van der Waals surface area contributed by atoms with Crippen LogP contribution in [0.15, 0.2) is 30.0 Å². The van der Waals surface area contributed by atoms with Crippen LogP contribution in [0.5, 0.6) is 5.75 Å². The molecule has 0 aliphatic carbocycles. The molecule has 0 amide bonds. The number of Topliss-reactive ketones (excluding diaryl/α,β-unsaturated/α-hetero) is 1. The Hall–Kier alpha value is -1.77. The summed E-state index contributed by atoms with van der Waals surface area (Å²) in [6, 6.07) is 7.26. The first kappa shape index (κ1) is 11.3. The number of ketones is 1.